The van der Waals surface area contributed by atoms with Crippen molar-refractivity contribution >= 4 is 0 Å². The summed E-state index contributed by atoms with van der Waals surface area (Å²) in [6, 6.07) is 0. The van der Waals surface area contributed by atoms with E-state index in [0.717, 1.165) is 12.8 Å². The van der Waals surface area contributed by atoms with Gasteiger partial charge in [0.25, 0.3) is 0 Å². The second-order valence-electron chi connectivity index (χ2n) is 4.11. The molecule has 100 valence electrons. The minimum absolute atomic E-state index is 0.322. The Morgan fingerprint density at radius 1 is 0.833 bits per heavy atom. The summed E-state index contributed by atoms with van der Waals surface area (Å²) >= 11 is 0. The van der Waals surface area contributed by atoms with Crippen molar-refractivity contribution in [3.63, 3.8) is 0 Å². The molecule has 0 bridgehead atoms. The van der Waals surface area contributed by atoms with E-state index in [1.54, 1.807) is 12.2 Å². The lowest BCUT2D eigenvalue weighted by molar-refractivity contribution is 0.432. The molecule has 0 fully saturated rings. The van der Waals surface area contributed by atoms with E-state index in [0.29, 0.717) is 5.76 Å². The summed E-state index contributed by atoms with van der Waals surface area (Å²) in [5.74, 6) is 0.322. The third-order valence-corrected chi connectivity index (χ3v) is 2.43. The van der Waals surface area contributed by atoms with Gasteiger partial charge in [-0.05, 0) is 51.7 Å². The zero-order chi connectivity index (χ0) is 13.5. The molecule has 1 N–H and O–H groups in total. The fraction of sp³-hybridized carbons (Fsp3) is 0.412. The van der Waals surface area contributed by atoms with E-state index in [4.69, 9.17) is 0 Å². The Bertz CT molecular complexity index is 317. The van der Waals surface area contributed by atoms with E-state index in [2.05, 4.69) is 18.2 Å². The lowest BCUT2D eigenvalue weighted by Crippen LogP contribution is -1.76. The number of rotatable bonds is 9. The molecule has 0 spiro atoms. The molecule has 0 amide bonds. The fourth-order valence-electron chi connectivity index (χ4n) is 1.44. The zero-order valence-corrected chi connectivity index (χ0v) is 11.7. The largest absolute Gasteiger partial charge is 0.508 e. The molecule has 1 nitrogen and oxygen atoms in total. The van der Waals surface area contributed by atoms with Crippen LogP contribution in [0.25, 0.3) is 0 Å². The van der Waals surface area contributed by atoms with Gasteiger partial charge in [0.15, 0.2) is 0 Å². The van der Waals surface area contributed by atoms with Crippen molar-refractivity contribution in [3.8, 4) is 0 Å². The molecule has 0 aromatic carbocycles. The van der Waals surface area contributed by atoms with Gasteiger partial charge in [-0.2, -0.15) is 0 Å². The number of unbranched alkanes of at least 4 members (excludes halogenated alkanes) is 4. The Labute approximate surface area is 112 Å². The van der Waals surface area contributed by atoms with Crippen molar-refractivity contribution in [1.29, 1.82) is 0 Å². The Morgan fingerprint density at radius 2 is 1.50 bits per heavy atom. The number of hydrogen-bond acceptors (Lipinski definition) is 1. The number of hydrogen-bond donors (Lipinski definition) is 1. The van der Waals surface area contributed by atoms with Crippen LogP contribution in [0.4, 0.5) is 0 Å². The summed E-state index contributed by atoms with van der Waals surface area (Å²) in [6.45, 7) is 3.95. The first-order valence-corrected chi connectivity index (χ1v) is 6.77. The predicted molar refractivity (Wildman–Crippen MR) is 81.7 cm³/mol. The van der Waals surface area contributed by atoms with Gasteiger partial charge in [-0.25, -0.2) is 0 Å². The highest BCUT2D eigenvalue weighted by Gasteiger charge is 1.86. The molecule has 0 aromatic heterocycles. The number of aliphatic hydroxyl groups is 1. The smallest absolute Gasteiger partial charge is 0.115 e. The minimum Gasteiger partial charge on any atom is -0.508 e. The highest BCUT2D eigenvalue weighted by molar-refractivity contribution is 5.16. The van der Waals surface area contributed by atoms with Crippen LogP contribution in [0.1, 0.15) is 46.0 Å². The monoisotopic (exact) mass is 246 g/mol. The van der Waals surface area contributed by atoms with E-state index in [-0.39, 0.29) is 0 Å². The molecule has 0 heterocycles. The van der Waals surface area contributed by atoms with E-state index in [9.17, 15) is 5.11 Å². The Hall–Kier alpha value is -1.50. The van der Waals surface area contributed by atoms with Crippen molar-refractivity contribution < 1.29 is 5.11 Å². The lowest BCUT2D eigenvalue weighted by atomic mass is 10.1. The maximum absolute atomic E-state index is 9.41. The molecular weight excluding hydrogens is 220 g/mol. The SMILES string of the molecule is CC=CC=CCCCCCC=CC(O)=CC=CC. The molecule has 0 rings (SSSR count). The van der Waals surface area contributed by atoms with Crippen molar-refractivity contribution in [2.45, 2.75) is 46.0 Å². The first-order chi connectivity index (χ1) is 8.81. The highest BCUT2D eigenvalue weighted by atomic mass is 16.3. The van der Waals surface area contributed by atoms with Crippen LogP contribution in [0.2, 0.25) is 0 Å². The van der Waals surface area contributed by atoms with Crippen LogP contribution < -0.4 is 0 Å². The third-order valence-electron chi connectivity index (χ3n) is 2.43. The second-order valence-corrected chi connectivity index (χ2v) is 4.11. The van der Waals surface area contributed by atoms with Crippen molar-refractivity contribution in [2.75, 3.05) is 0 Å². The molecule has 0 unspecified atom stereocenters. The van der Waals surface area contributed by atoms with Crippen LogP contribution in [-0.2, 0) is 0 Å². The van der Waals surface area contributed by atoms with Crippen LogP contribution in [0, 0.1) is 0 Å². The van der Waals surface area contributed by atoms with Gasteiger partial charge in [0.05, 0.1) is 0 Å². The molecule has 1 heteroatoms. The van der Waals surface area contributed by atoms with Gasteiger partial charge in [0.2, 0.25) is 0 Å². The van der Waals surface area contributed by atoms with Gasteiger partial charge < -0.3 is 5.11 Å². The first kappa shape index (κ1) is 16.5. The number of aliphatic hydroxyl groups excluding tert-OH is 1. The molecule has 0 radical (unpaired) electrons. The molecule has 0 aromatic rings. The quantitative estimate of drug-likeness (QED) is 0.317. The predicted octanol–water partition coefficient (Wildman–Crippen LogP) is 5.64. The van der Waals surface area contributed by atoms with E-state index < -0.39 is 0 Å². The van der Waals surface area contributed by atoms with Crippen LogP contribution >= 0.6 is 0 Å². The molecule has 18 heavy (non-hydrogen) atoms. The maximum atomic E-state index is 9.41. The van der Waals surface area contributed by atoms with E-state index in [1.807, 2.05) is 38.2 Å². The molecular formula is C17H26O. The average Bonchev–Trinajstić information content (AvgIpc) is 2.38. The van der Waals surface area contributed by atoms with Crippen LogP contribution in [0.15, 0.2) is 60.4 Å². The van der Waals surface area contributed by atoms with Gasteiger partial charge in [0, 0.05) is 0 Å². The average molecular weight is 246 g/mol. The normalized spacial score (nSPS) is 13.8. The van der Waals surface area contributed by atoms with E-state index >= 15 is 0 Å². The fourth-order valence-corrected chi connectivity index (χ4v) is 1.44. The molecule has 0 atom stereocenters. The molecule has 0 saturated heterocycles. The molecule has 0 saturated carbocycles. The van der Waals surface area contributed by atoms with Crippen LogP contribution in [0.3, 0.4) is 0 Å². The Morgan fingerprint density at radius 3 is 2.17 bits per heavy atom. The highest BCUT2D eigenvalue weighted by Crippen LogP contribution is 2.05. The second kappa shape index (κ2) is 13.6. The molecule has 0 aliphatic heterocycles. The van der Waals surface area contributed by atoms with Gasteiger partial charge in [-0.3, -0.25) is 0 Å². The van der Waals surface area contributed by atoms with Crippen LogP contribution in [0.5, 0.6) is 0 Å². The third kappa shape index (κ3) is 12.6. The van der Waals surface area contributed by atoms with Gasteiger partial charge >= 0.3 is 0 Å². The first-order valence-electron chi connectivity index (χ1n) is 6.77. The lowest BCUT2D eigenvalue weighted by Gasteiger charge is -1.95. The van der Waals surface area contributed by atoms with Gasteiger partial charge in [-0.1, -0.05) is 49.0 Å². The topological polar surface area (TPSA) is 20.2 Å². The summed E-state index contributed by atoms with van der Waals surface area (Å²) in [6.07, 6.45) is 23.5. The van der Waals surface area contributed by atoms with E-state index in [1.165, 1.54) is 19.3 Å². The minimum atomic E-state index is 0.322. The van der Waals surface area contributed by atoms with Crippen molar-refractivity contribution in [2.24, 2.45) is 0 Å². The Kier molecular flexibility index (Phi) is 12.4. The summed E-state index contributed by atoms with van der Waals surface area (Å²) in [5, 5.41) is 9.41. The Balaban J connectivity index is 3.48. The summed E-state index contributed by atoms with van der Waals surface area (Å²) < 4.78 is 0. The zero-order valence-electron chi connectivity index (χ0n) is 11.7. The van der Waals surface area contributed by atoms with Gasteiger partial charge in [0.1, 0.15) is 5.76 Å². The summed E-state index contributed by atoms with van der Waals surface area (Å²) in [5.41, 5.74) is 0. The molecule has 0 aliphatic rings. The standard InChI is InChI=1S/C17H26O/c1-3-5-7-8-9-10-11-12-13-14-16-17(18)15-6-4-2/h3-8,14-16,18H,9-13H2,1-2H3. The maximum Gasteiger partial charge on any atom is 0.115 e. The summed E-state index contributed by atoms with van der Waals surface area (Å²) in [4.78, 5) is 0. The van der Waals surface area contributed by atoms with Crippen molar-refractivity contribution in [1.82, 2.24) is 0 Å². The van der Waals surface area contributed by atoms with Gasteiger partial charge in [-0.15, -0.1) is 0 Å². The summed E-state index contributed by atoms with van der Waals surface area (Å²) in [7, 11) is 0. The molecule has 0 aliphatic carbocycles. The van der Waals surface area contributed by atoms with Crippen molar-refractivity contribution in [3.05, 3.63) is 60.4 Å². The van der Waals surface area contributed by atoms with Crippen LogP contribution in [-0.4, -0.2) is 5.11 Å². The number of allylic oxidation sites excluding steroid dienone is 9.